The first-order valence-corrected chi connectivity index (χ1v) is 7.40. The Morgan fingerprint density at radius 3 is 2.55 bits per heavy atom. The van der Waals surface area contributed by atoms with Crippen molar-refractivity contribution >= 4 is 5.91 Å². The monoisotopic (exact) mass is 276 g/mol. The van der Waals surface area contributed by atoms with Gasteiger partial charge in [-0.25, -0.2) is 0 Å². The summed E-state index contributed by atoms with van der Waals surface area (Å²) >= 11 is 0. The Balaban J connectivity index is 1.83. The van der Waals surface area contributed by atoms with Gasteiger partial charge >= 0.3 is 0 Å². The number of phenolic OH excluding ortho intramolecular Hbond substituents is 1. The SMILES string of the molecule is CC(NC(=O)[C@@H](N)Cc1ccc(O)cc1)C1CCCC1. The zero-order chi connectivity index (χ0) is 14.5. The van der Waals surface area contributed by atoms with Crippen LogP contribution in [0.5, 0.6) is 5.75 Å². The van der Waals surface area contributed by atoms with Crippen molar-refractivity contribution < 1.29 is 9.90 Å². The van der Waals surface area contributed by atoms with Crippen LogP contribution in [0.2, 0.25) is 0 Å². The van der Waals surface area contributed by atoms with Gasteiger partial charge in [0.1, 0.15) is 5.75 Å². The Morgan fingerprint density at radius 2 is 1.95 bits per heavy atom. The van der Waals surface area contributed by atoms with E-state index in [0.29, 0.717) is 12.3 Å². The normalized spacial score (nSPS) is 18.7. The standard InChI is InChI=1S/C16H24N2O2/c1-11(13-4-2-3-5-13)18-16(20)15(17)10-12-6-8-14(19)9-7-12/h6-9,11,13,15,19H,2-5,10,17H2,1H3,(H,18,20)/t11?,15-/m0/s1. The largest absolute Gasteiger partial charge is 0.508 e. The highest BCUT2D eigenvalue weighted by Gasteiger charge is 2.24. The lowest BCUT2D eigenvalue weighted by Crippen LogP contribution is -2.47. The van der Waals surface area contributed by atoms with Gasteiger partial charge in [0.15, 0.2) is 0 Å². The van der Waals surface area contributed by atoms with Crippen LogP contribution in [0.25, 0.3) is 0 Å². The summed E-state index contributed by atoms with van der Waals surface area (Å²) in [4.78, 5) is 12.1. The molecule has 0 bridgehead atoms. The number of carbonyl (C=O) groups excluding carboxylic acids is 1. The summed E-state index contributed by atoms with van der Waals surface area (Å²) in [6, 6.07) is 6.48. The van der Waals surface area contributed by atoms with Crippen LogP contribution in [0.3, 0.4) is 0 Å². The van der Waals surface area contributed by atoms with Crippen molar-refractivity contribution in [1.29, 1.82) is 0 Å². The fraction of sp³-hybridized carbons (Fsp3) is 0.562. The summed E-state index contributed by atoms with van der Waals surface area (Å²) in [6.45, 7) is 2.07. The highest BCUT2D eigenvalue weighted by Crippen LogP contribution is 2.27. The molecule has 1 saturated carbocycles. The van der Waals surface area contributed by atoms with E-state index in [1.165, 1.54) is 25.7 Å². The van der Waals surface area contributed by atoms with Crippen molar-refractivity contribution in [2.45, 2.75) is 51.1 Å². The minimum Gasteiger partial charge on any atom is -0.508 e. The van der Waals surface area contributed by atoms with Crippen LogP contribution >= 0.6 is 0 Å². The molecule has 4 heteroatoms. The van der Waals surface area contributed by atoms with Gasteiger partial charge in [-0.2, -0.15) is 0 Å². The molecular weight excluding hydrogens is 252 g/mol. The van der Waals surface area contributed by atoms with E-state index in [1.54, 1.807) is 24.3 Å². The second-order valence-corrected chi connectivity index (χ2v) is 5.82. The Labute approximate surface area is 120 Å². The Morgan fingerprint density at radius 1 is 1.35 bits per heavy atom. The molecule has 0 aromatic heterocycles. The van der Waals surface area contributed by atoms with Crippen LogP contribution in [0.15, 0.2) is 24.3 Å². The highest BCUT2D eigenvalue weighted by atomic mass is 16.3. The maximum Gasteiger partial charge on any atom is 0.237 e. The third-order valence-electron chi connectivity index (χ3n) is 4.21. The van der Waals surface area contributed by atoms with Gasteiger partial charge in [0.25, 0.3) is 0 Å². The van der Waals surface area contributed by atoms with E-state index in [-0.39, 0.29) is 17.7 Å². The van der Waals surface area contributed by atoms with E-state index in [4.69, 9.17) is 5.73 Å². The maximum absolute atomic E-state index is 12.1. The third kappa shape index (κ3) is 3.97. The second-order valence-electron chi connectivity index (χ2n) is 5.82. The first-order valence-electron chi connectivity index (χ1n) is 7.40. The Hall–Kier alpha value is -1.55. The molecule has 4 N–H and O–H groups in total. The fourth-order valence-electron chi connectivity index (χ4n) is 2.89. The molecule has 1 aliphatic carbocycles. The quantitative estimate of drug-likeness (QED) is 0.769. The predicted molar refractivity (Wildman–Crippen MR) is 79.3 cm³/mol. The van der Waals surface area contributed by atoms with Crippen molar-refractivity contribution in [3.63, 3.8) is 0 Å². The predicted octanol–water partition coefficient (Wildman–Crippen LogP) is 1.96. The average molecular weight is 276 g/mol. The third-order valence-corrected chi connectivity index (χ3v) is 4.21. The Bertz CT molecular complexity index is 438. The lowest BCUT2D eigenvalue weighted by atomic mass is 9.99. The summed E-state index contributed by atoms with van der Waals surface area (Å²) in [7, 11) is 0. The number of rotatable bonds is 5. The van der Waals surface area contributed by atoms with Crippen LogP contribution in [0.1, 0.15) is 38.2 Å². The van der Waals surface area contributed by atoms with Crippen molar-refractivity contribution in [3.8, 4) is 5.75 Å². The van der Waals surface area contributed by atoms with E-state index in [9.17, 15) is 9.90 Å². The molecule has 2 rings (SSSR count). The summed E-state index contributed by atoms with van der Waals surface area (Å²) in [5, 5.41) is 12.3. The van der Waals surface area contributed by atoms with Crippen LogP contribution in [0, 0.1) is 5.92 Å². The summed E-state index contributed by atoms with van der Waals surface area (Å²) < 4.78 is 0. The molecule has 4 nitrogen and oxygen atoms in total. The van der Waals surface area contributed by atoms with Crippen molar-refractivity contribution in [2.24, 2.45) is 11.7 Å². The van der Waals surface area contributed by atoms with Gasteiger partial charge in [-0.15, -0.1) is 0 Å². The number of nitrogens with one attached hydrogen (secondary N) is 1. The van der Waals surface area contributed by atoms with E-state index >= 15 is 0 Å². The van der Waals surface area contributed by atoms with Gasteiger partial charge in [-0.3, -0.25) is 4.79 Å². The molecule has 0 radical (unpaired) electrons. The van der Waals surface area contributed by atoms with Crippen LogP contribution in [-0.4, -0.2) is 23.1 Å². The molecule has 2 atom stereocenters. The summed E-state index contributed by atoms with van der Waals surface area (Å²) in [6.07, 6.45) is 5.43. The number of carbonyl (C=O) groups is 1. The number of hydrogen-bond donors (Lipinski definition) is 3. The van der Waals surface area contributed by atoms with E-state index in [1.807, 2.05) is 0 Å². The minimum atomic E-state index is -0.539. The molecule has 1 aromatic rings. The maximum atomic E-state index is 12.1. The van der Waals surface area contributed by atoms with Gasteiger partial charge in [0, 0.05) is 6.04 Å². The van der Waals surface area contributed by atoms with Crippen LogP contribution in [0.4, 0.5) is 0 Å². The van der Waals surface area contributed by atoms with Gasteiger partial charge in [0.05, 0.1) is 6.04 Å². The van der Waals surface area contributed by atoms with Crippen LogP contribution < -0.4 is 11.1 Å². The number of phenols is 1. The fourth-order valence-corrected chi connectivity index (χ4v) is 2.89. The first kappa shape index (κ1) is 14.9. The lowest BCUT2D eigenvalue weighted by molar-refractivity contribution is -0.123. The molecule has 1 aliphatic rings. The second kappa shape index (κ2) is 6.75. The molecule has 20 heavy (non-hydrogen) atoms. The smallest absolute Gasteiger partial charge is 0.237 e. The van der Waals surface area contributed by atoms with Crippen molar-refractivity contribution in [1.82, 2.24) is 5.32 Å². The summed E-state index contributed by atoms with van der Waals surface area (Å²) in [5.74, 6) is 0.735. The van der Waals surface area contributed by atoms with Crippen molar-refractivity contribution in [3.05, 3.63) is 29.8 Å². The molecule has 1 aromatic carbocycles. The molecule has 0 saturated heterocycles. The summed E-state index contributed by atoms with van der Waals surface area (Å²) in [5.41, 5.74) is 6.92. The van der Waals surface area contributed by atoms with Gasteiger partial charge in [0.2, 0.25) is 5.91 Å². The number of hydrogen-bond acceptors (Lipinski definition) is 3. The van der Waals surface area contributed by atoms with Crippen LogP contribution in [-0.2, 0) is 11.2 Å². The van der Waals surface area contributed by atoms with E-state index in [2.05, 4.69) is 12.2 Å². The molecular formula is C16H24N2O2. The van der Waals surface area contributed by atoms with Gasteiger partial charge in [-0.1, -0.05) is 25.0 Å². The molecule has 1 fully saturated rings. The molecule has 1 unspecified atom stereocenters. The molecule has 0 spiro atoms. The average Bonchev–Trinajstić information content (AvgIpc) is 2.95. The molecule has 1 amide bonds. The Kier molecular flexibility index (Phi) is 5.01. The number of benzene rings is 1. The van der Waals surface area contributed by atoms with E-state index in [0.717, 1.165) is 5.56 Å². The lowest BCUT2D eigenvalue weighted by Gasteiger charge is -2.22. The molecule has 110 valence electrons. The van der Waals surface area contributed by atoms with Gasteiger partial charge < -0.3 is 16.2 Å². The number of aromatic hydroxyl groups is 1. The highest BCUT2D eigenvalue weighted by molar-refractivity contribution is 5.82. The topological polar surface area (TPSA) is 75.4 Å². The zero-order valence-corrected chi connectivity index (χ0v) is 12.0. The number of amides is 1. The molecule has 0 aliphatic heterocycles. The van der Waals surface area contributed by atoms with Crippen molar-refractivity contribution in [2.75, 3.05) is 0 Å². The van der Waals surface area contributed by atoms with Gasteiger partial charge in [-0.05, 0) is 49.8 Å². The minimum absolute atomic E-state index is 0.0857. The number of nitrogens with two attached hydrogens (primary N) is 1. The first-order chi connectivity index (χ1) is 9.56. The zero-order valence-electron chi connectivity index (χ0n) is 12.0. The van der Waals surface area contributed by atoms with E-state index < -0.39 is 6.04 Å². The molecule has 0 heterocycles.